The largest absolute Gasteiger partial charge is 0.495 e. The number of anilines is 1. The normalized spacial score (nSPS) is 16.9. The molecule has 5 nitrogen and oxygen atoms in total. The summed E-state index contributed by atoms with van der Waals surface area (Å²) in [4.78, 5) is 26.1. The zero-order valence-electron chi connectivity index (χ0n) is 16.3. The van der Waals surface area contributed by atoms with E-state index < -0.39 is 46.9 Å². The lowest BCUT2D eigenvalue weighted by Gasteiger charge is -2.19. The quantitative estimate of drug-likeness (QED) is 0.632. The van der Waals surface area contributed by atoms with Crippen LogP contribution in [0.15, 0.2) is 36.4 Å². The Morgan fingerprint density at radius 2 is 1.66 bits per heavy atom. The van der Waals surface area contributed by atoms with Crippen LogP contribution in [0, 0.1) is 0 Å². The standard InChI is InChI=1S/C20H15ClF6N2O3/c1-32-16-3-2-14(8-15(16)21)29-9-13(7-17(29)30)28-18(31)10-4-11(19(22,23)24)6-12(5-10)20(25,26)27/h2-6,8,13H,7,9H2,1H3,(H,28,31). The van der Waals surface area contributed by atoms with Crippen LogP contribution >= 0.6 is 11.6 Å². The van der Waals surface area contributed by atoms with E-state index in [0.717, 1.165) is 0 Å². The predicted octanol–water partition coefficient (Wildman–Crippen LogP) is 4.92. The first-order valence-electron chi connectivity index (χ1n) is 9.04. The number of carbonyl (C=O) groups excluding carboxylic acids is 2. The van der Waals surface area contributed by atoms with Crippen LogP contribution in [0.2, 0.25) is 5.02 Å². The van der Waals surface area contributed by atoms with Gasteiger partial charge in [-0.1, -0.05) is 11.6 Å². The number of carbonyl (C=O) groups is 2. The summed E-state index contributed by atoms with van der Waals surface area (Å²) in [5.74, 6) is -1.19. The summed E-state index contributed by atoms with van der Waals surface area (Å²) in [7, 11) is 1.41. The molecule has 0 spiro atoms. The first-order valence-corrected chi connectivity index (χ1v) is 9.41. The molecule has 2 aromatic rings. The number of amides is 2. The van der Waals surface area contributed by atoms with Gasteiger partial charge in [0.15, 0.2) is 0 Å². The summed E-state index contributed by atoms with van der Waals surface area (Å²) in [6.07, 6.45) is -10.4. The molecule has 1 N–H and O–H groups in total. The molecule has 0 radical (unpaired) electrons. The molecule has 0 saturated carbocycles. The lowest BCUT2D eigenvalue weighted by atomic mass is 10.0. The zero-order chi connectivity index (χ0) is 23.8. The summed E-state index contributed by atoms with van der Waals surface area (Å²) in [5, 5.41) is 2.56. The maximum Gasteiger partial charge on any atom is 0.416 e. The minimum Gasteiger partial charge on any atom is -0.495 e. The number of alkyl halides is 6. The van der Waals surface area contributed by atoms with Crippen LogP contribution in [0.3, 0.4) is 0 Å². The lowest BCUT2D eigenvalue weighted by molar-refractivity contribution is -0.143. The maximum atomic E-state index is 13.0. The fourth-order valence-corrected chi connectivity index (χ4v) is 3.48. The van der Waals surface area contributed by atoms with Crippen molar-refractivity contribution in [3.8, 4) is 5.75 Å². The molecule has 3 rings (SSSR count). The minimum absolute atomic E-state index is 0.0433. The predicted molar refractivity (Wildman–Crippen MR) is 103 cm³/mol. The van der Waals surface area contributed by atoms with E-state index in [1.54, 1.807) is 6.07 Å². The Morgan fingerprint density at radius 1 is 1.06 bits per heavy atom. The van der Waals surface area contributed by atoms with Crippen molar-refractivity contribution < 1.29 is 40.7 Å². The van der Waals surface area contributed by atoms with Crippen molar-refractivity contribution in [2.45, 2.75) is 24.8 Å². The molecule has 1 atom stereocenters. The number of nitrogens with one attached hydrogen (secondary N) is 1. The van der Waals surface area contributed by atoms with Gasteiger partial charge >= 0.3 is 12.4 Å². The average molecular weight is 481 g/mol. The Labute approximate surface area is 182 Å². The molecule has 172 valence electrons. The Bertz CT molecular complexity index is 1020. The van der Waals surface area contributed by atoms with E-state index >= 15 is 0 Å². The highest BCUT2D eigenvalue weighted by Gasteiger charge is 2.38. The maximum absolute atomic E-state index is 13.0. The van der Waals surface area contributed by atoms with Crippen LogP contribution in [0.4, 0.5) is 32.0 Å². The molecule has 0 aliphatic carbocycles. The van der Waals surface area contributed by atoms with E-state index in [4.69, 9.17) is 16.3 Å². The summed E-state index contributed by atoms with van der Waals surface area (Å²) in [5.41, 5.74) is -3.62. The van der Waals surface area contributed by atoms with Crippen LogP contribution in [0.5, 0.6) is 5.75 Å². The van der Waals surface area contributed by atoms with Gasteiger partial charge in [0.25, 0.3) is 5.91 Å². The van der Waals surface area contributed by atoms with Gasteiger partial charge in [0.1, 0.15) is 5.75 Å². The Balaban J connectivity index is 1.80. The van der Waals surface area contributed by atoms with Crippen molar-refractivity contribution in [1.29, 1.82) is 0 Å². The molecule has 32 heavy (non-hydrogen) atoms. The van der Waals surface area contributed by atoms with Crippen molar-refractivity contribution >= 4 is 29.1 Å². The third kappa shape index (κ3) is 5.09. The van der Waals surface area contributed by atoms with Crippen LogP contribution in [0.25, 0.3) is 0 Å². The van der Waals surface area contributed by atoms with E-state index in [1.807, 2.05) is 0 Å². The fraction of sp³-hybridized carbons (Fsp3) is 0.300. The van der Waals surface area contributed by atoms with Gasteiger partial charge < -0.3 is 15.0 Å². The van der Waals surface area contributed by atoms with Crippen molar-refractivity contribution in [2.75, 3.05) is 18.6 Å². The number of rotatable bonds is 4. The number of halogens is 7. The van der Waals surface area contributed by atoms with Crippen molar-refractivity contribution in [3.05, 3.63) is 58.1 Å². The second kappa shape index (κ2) is 8.53. The van der Waals surface area contributed by atoms with Crippen LogP contribution in [-0.2, 0) is 17.1 Å². The number of methoxy groups -OCH3 is 1. The van der Waals surface area contributed by atoms with Crippen LogP contribution in [-0.4, -0.2) is 31.5 Å². The summed E-state index contributed by atoms with van der Waals surface area (Å²) in [6.45, 7) is -0.0433. The average Bonchev–Trinajstić information content (AvgIpc) is 3.06. The van der Waals surface area contributed by atoms with Crippen LogP contribution in [0.1, 0.15) is 27.9 Å². The van der Waals surface area contributed by atoms with Gasteiger partial charge in [0.05, 0.1) is 29.3 Å². The summed E-state index contributed by atoms with van der Waals surface area (Å²) in [6, 6.07) is 4.31. The molecule has 2 aromatic carbocycles. The second-order valence-corrected chi connectivity index (χ2v) is 7.40. The first-order chi connectivity index (χ1) is 14.8. The monoisotopic (exact) mass is 480 g/mol. The molecule has 1 fully saturated rings. The molecule has 1 unspecified atom stereocenters. The smallest absolute Gasteiger partial charge is 0.416 e. The second-order valence-electron chi connectivity index (χ2n) is 6.99. The Kier molecular flexibility index (Phi) is 6.32. The third-order valence-corrected chi connectivity index (χ3v) is 5.05. The van der Waals surface area contributed by atoms with Gasteiger partial charge in [-0.05, 0) is 36.4 Å². The van der Waals surface area contributed by atoms with E-state index in [1.165, 1.54) is 24.1 Å². The van der Waals surface area contributed by atoms with Gasteiger partial charge in [-0.25, -0.2) is 0 Å². The Hall–Kier alpha value is -2.95. The fourth-order valence-electron chi connectivity index (χ4n) is 3.23. The Morgan fingerprint density at radius 3 is 2.16 bits per heavy atom. The van der Waals surface area contributed by atoms with E-state index in [2.05, 4.69) is 5.32 Å². The number of nitrogens with zero attached hydrogens (tertiary/aromatic N) is 1. The molecule has 1 aliphatic rings. The van der Waals surface area contributed by atoms with E-state index in [0.29, 0.717) is 23.6 Å². The third-order valence-electron chi connectivity index (χ3n) is 4.76. The van der Waals surface area contributed by atoms with Gasteiger partial charge in [-0.15, -0.1) is 0 Å². The van der Waals surface area contributed by atoms with Gasteiger partial charge in [-0.3, -0.25) is 9.59 Å². The first kappa shape index (κ1) is 23.7. The summed E-state index contributed by atoms with van der Waals surface area (Å²) >= 11 is 6.04. The highest BCUT2D eigenvalue weighted by Crippen LogP contribution is 2.36. The molecule has 1 heterocycles. The van der Waals surface area contributed by atoms with Crippen molar-refractivity contribution in [2.24, 2.45) is 0 Å². The number of ether oxygens (including phenoxy) is 1. The number of hydrogen-bond donors (Lipinski definition) is 1. The SMILES string of the molecule is COc1ccc(N2CC(NC(=O)c3cc(C(F)(F)F)cc(C(F)(F)F)c3)CC2=O)cc1Cl. The molecule has 12 heteroatoms. The molecule has 0 bridgehead atoms. The molecule has 1 aliphatic heterocycles. The lowest BCUT2D eigenvalue weighted by Crippen LogP contribution is -2.37. The van der Waals surface area contributed by atoms with E-state index in [-0.39, 0.29) is 24.1 Å². The van der Waals surface area contributed by atoms with E-state index in [9.17, 15) is 35.9 Å². The van der Waals surface area contributed by atoms with Gasteiger partial charge in [-0.2, -0.15) is 26.3 Å². The highest BCUT2D eigenvalue weighted by molar-refractivity contribution is 6.32. The molecular weight excluding hydrogens is 466 g/mol. The minimum atomic E-state index is -5.08. The number of benzene rings is 2. The number of hydrogen-bond acceptors (Lipinski definition) is 3. The molecule has 2 amide bonds. The highest BCUT2D eigenvalue weighted by atomic mass is 35.5. The summed E-state index contributed by atoms with van der Waals surface area (Å²) < 4.78 is 83.1. The van der Waals surface area contributed by atoms with Gasteiger partial charge in [0.2, 0.25) is 5.91 Å². The van der Waals surface area contributed by atoms with Crippen molar-refractivity contribution in [1.82, 2.24) is 5.32 Å². The zero-order valence-corrected chi connectivity index (χ0v) is 17.0. The molecular formula is C20H15ClF6N2O3. The van der Waals surface area contributed by atoms with Crippen molar-refractivity contribution in [3.63, 3.8) is 0 Å². The van der Waals surface area contributed by atoms with Gasteiger partial charge in [0, 0.05) is 24.2 Å². The van der Waals surface area contributed by atoms with Crippen LogP contribution < -0.4 is 15.0 Å². The topological polar surface area (TPSA) is 58.6 Å². The molecule has 0 aromatic heterocycles. The molecule has 1 saturated heterocycles.